The fraction of sp³-hybridized carbons (Fsp3) is 0.292. The van der Waals surface area contributed by atoms with E-state index in [0.717, 1.165) is 31.5 Å². The molecule has 4 rings (SSSR count). The van der Waals surface area contributed by atoms with Gasteiger partial charge in [-0.3, -0.25) is 15.0 Å². The van der Waals surface area contributed by atoms with Crippen molar-refractivity contribution in [2.75, 3.05) is 26.2 Å². The molecule has 3 aromatic rings. The lowest BCUT2D eigenvalue weighted by atomic mass is 10.1. The lowest BCUT2D eigenvalue weighted by molar-refractivity contribution is -0.119. The third kappa shape index (κ3) is 5.52. The number of rotatable bonds is 8. The molecule has 0 radical (unpaired) electrons. The van der Waals surface area contributed by atoms with Crippen LogP contribution in [0.1, 0.15) is 30.3 Å². The van der Waals surface area contributed by atoms with E-state index in [1.54, 1.807) is 22.9 Å². The number of halogens is 2. The molecule has 1 aliphatic heterocycles. The van der Waals surface area contributed by atoms with Crippen molar-refractivity contribution in [2.24, 2.45) is 0 Å². The predicted octanol–water partition coefficient (Wildman–Crippen LogP) is 4.10. The molecular weight excluding hydrogens is 477 g/mol. The highest BCUT2D eigenvalue weighted by atomic mass is 35.5. The van der Waals surface area contributed by atoms with Crippen molar-refractivity contribution in [2.45, 2.75) is 19.8 Å². The minimum absolute atomic E-state index is 0.125. The average Bonchev–Trinajstić information content (AvgIpc) is 3.45. The molecule has 0 saturated carbocycles. The molecule has 1 fully saturated rings. The van der Waals surface area contributed by atoms with Crippen molar-refractivity contribution in [3.8, 4) is 22.7 Å². The standard InChI is InChI=1S/C24H25Cl2N5O3/c1-16(32)27-12-15-34-23-21(24(33)29-30-13-4-5-14-30)28-31(20-7-3-2-6-19(20)26)22(23)17-8-10-18(25)11-9-17/h2-3,6-11H,4-5,12-15H2,1H3,(H,27,32)(H,29,33). The second kappa shape index (κ2) is 10.9. The van der Waals surface area contributed by atoms with E-state index < -0.39 is 0 Å². The number of nitrogens with one attached hydrogen (secondary N) is 2. The summed E-state index contributed by atoms with van der Waals surface area (Å²) in [6, 6.07) is 14.4. The number of benzene rings is 2. The zero-order valence-electron chi connectivity index (χ0n) is 18.7. The minimum atomic E-state index is -0.377. The summed E-state index contributed by atoms with van der Waals surface area (Å²) in [6.45, 7) is 3.42. The summed E-state index contributed by atoms with van der Waals surface area (Å²) in [6.07, 6.45) is 2.04. The van der Waals surface area contributed by atoms with Gasteiger partial charge in [0.1, 0.15) is 12.3 Å². The Morgan fingerprint density at radius 1 is 1.06 bits per heavy atom. The maximum absolute atomic E-state index is 13.3. The van der Waals surface area contributed by atoms with E-state index in [9.17, 15) is 9.59 Å². The molecular formula is C24H25Cl2N5O3. The molecule has 8 nitrogen and oxygen atoms in total. The van der Waals surface area contributed by atoms with E-state index in [1.807, 2.05) is 35.3 Å². The van der Waals surface area contributed by atoms with Crippen LogP contribution >= 0.6 is 23.2 Å². The number of nitrogens with zero attached hydrogens (tertiary/aromatic N) is 3. The molecule has 0 aliphatic carbocycles. The number of ether oxygens (including phenoxy) is 1. The Balaban J connectivity index is 1.82. The summed E-state index contributed by atoms with van der Waals surface area (Å²) in [7, 11) is 0. The number of aromatic nitrogens is 2. The number of hydrazine groups is 1. The van der Waals surface area contributed by atoms with Crippen molar-refractivity contribution in [1.82, 2.24) is 25.5 Å². The Morgan fingerprint density at radius 3 is 2.44 bits per heavy atom. The van der Waals surface area contributed by atoms with Gasteiger partial charge in [0.05, 0.1) is 17.3 Å². The van der Waals surface area contributed by atoms with Gasteiger partial charge in [0, 0.05) is 30.6 Å². The van der Waals surface area contributed by atoms with Crippen molar-refractivity contribution < 1.29 is 14.3 Å². The van der Waals surface area contributed by atoms with E-state index in [1.165, 1.54) is 6.92 Å². The quantitative estimate of drug-likeness (QED) is 0.453. The van der Waals surface area contributed by atoms with Crippen molar-refractivity contribution in [3.05, 3.63) is 64.3 Å². The van der Waals surface area contributed by atoms with E-state index in [4.69, 9.17) is 27.9 Å². The maximum Gasteiger partial charge on any atom is 0.289 e. The topological polar surface area (TPSA) is 88.5 Å². The minimum Gasteiger partial charge on any atom is -0.487 e. The summed E-state index contributed by atoms with van der Waals surface area (Å²) in [5.74, 6) is -0.248. The molecule has 2 N–H and O–H groups in total. The Bertz CT molecular complexity index is 1170. The van der Waals surface area contributed by atoms with Gasteiger partial charge in [-0.1, -0.05) is 47.5 Å². The van der Waals surface area contributed by atoms with E-state index >= 15 is 0 Å². The van der Waals surface area contributed by atoms with Gasteiger partial charge in [0.15, 0.2) is 11.4 Å². The number of hydrogen-bond donors (Lipinski definition) is 2. The van der Waals surface area contributed by atoms with Crippen LogP contribution in [0.2, 0.25) is 10.0 Å². The van der Waals surface area contributed by atoms with Crippen LogP contribution < -0.4 is 15.5 Å². The molecule has 10 heteroatoms. The third-order valence-electron chi connectivity index (χ3n) is 5.34. The third-order valence-corrected chi connectivity index (χ3v) is 5.92. The lowest BCUT2D eigenvalue weighted by Gasteiger charge is -2.16. The van der Waals surface area contributed by atoms with Crippen molar-refractivity contribution in [1.29, 1.82) is 0 Å². The highest BCUT2D eigenvalue weighted by molar-refractivity contribution is 6.32. The Kier molecular flexibility index (Phi) is 7.72. The Labute approximate surface area is 207 Å². The molecule has 1 saturated heterocycles. The first kappa shape index (κ1) is 24.1. The number of carbonyl (C=O) groups excluding carboxylic acids is 2. The van der Waals surface area contributed by atoms with Gasteiger partial charge >= 0.3 is 0 Å². The predicted molar refractivity (Wildman–Crippen MR) is 131 cm³/mol. The lowest BCUT2D eigenvalue weighted by Crippen LogP contribution is -2.40. The first-order chi connectivity index (χ1) is 16.4. The molecule has 2 aromatic carbocycles. The first-order valence-electron chi connectivity index (χ1n) is 11.0. The van der Waals surface area contributed by atoms with Gasteiger partial charge in [-0.15, -0.1) is 0 Å². The van der Waals surface area contributed by atoms with E-state index in [0.29, 0.717) is 27.2 Å². The Morgan fingerprint density at radius 2 is 1.76 bits per heavy atom. The molecule has 0 atom stereocenters. The summed E-state index contributed by atoms with van der Waals surface area (Å²) >= 11 is 12.6. The summed E-state index contributed by atoms with van der Waals surface area (Å²) < 4.78 is 7.69. The van der Waals surface area contributed by atoms with Gasteiger partial charge in [0.25, 0.3) is 5.91 Å². The second-order valence-corrected chi connectivity index (χ2v) is 8.71. The summed E-state index contributed by atoms with van der Waals surface area (Å²) in [5, 5.41) is 10.3. The molecule has 2 amide bonds. The van der Waals surface area contributed by atoms with Gasteiger partial charge in [0.2, 0.25) is 5.91 Å². The molecule has 1 aromatic heterocycles. The van der Waals surface area contributed by atoms with Crippen LogP contribution in [0.5, 0.6) is 5.75 Å². The van der Waals surface area contributed by atoms with Crippen LogP contribution in [-0.4, -0.2) is 52.8 Å². The van der Waals surface area contributed by atoms with Crippen LogP contribution in [0.25, 0.3) is 16.9 Å². The van der Waals surface area contributed by atoms with E-state index in [2.05, 4.69) is 15.8 Å². The summed E-state index contributed by atoms with van der Waals surface area (Å²) in [4.78, 5) is 24.6. The first-order valence-corrected chi connectivity index (χ1v) is 11.8. The SMILES string of the molecule is CC(=O)NCCOc1c(C(=O)NN2CCCC2)nn(-c2ccccc2Cl)c1-c1ccc(Cl)cc1. The maximum atomic E-state index is 13.3. The molecule has 0 unspecified atom stereocenters. The number of para-hydroxylation sites is 1. The fourth-order valence-corrected chi connectivity index (χ4v) is 4.10. The van der Waals surface area contributed by atoms with Gasteiger partial charge in [-0.2, -0.15) is 5.10 Å². The second-order valence-electron chi connectivity index (χ2n) is 7.86. The zero-order valence-corrected chi connectivity index (χ0v) is 20.2. The normalized spacial score (nSPS) is 13.6. The molecule has 0 spiro atoms. The molecule has 2 heterocycles. The zero-order chi connectivity index (χ0) is 24.1. The van der Waals surface area contributed by atoms with Crippen LogP contribution in [0, 0.1) is 0 Å². The molecule has 34 heavy (non-hydrogen) atoms. The number of amides is 2. The average molecular weight is 502 g/mol. The van der Waals surface area contributed by atoms with Crippen LogP contribution in [-0.2, 0) is 4.79 Å². The number of hydrogen-bond acceptors (Lipinski definition) is 5. The smallest absolute Gasteiger partial charge is 0.289 e. The van der Waals surface area contributed by atoms with E-state index in [-0.39, 0.29) is 30.7 Å². The van der Waals surface area contributed by atoms with Gasteiger partial charge in [-0.25, -0.2) is 9.69 Å². The molecule has 178 valence electrons. The Hall–Kier alpha value is -3.07. The number of carbonyl (C=O) groups is 2. The molecule has 0 bridgehead atoms. The van der Waals surface area contributed by atoms with Crippen LogP contribution in [0.4, 0.5) is 0 Å². The van der Waals surface area contributed by atoms with Crippen molar-refractivity contribution >= 4 is 35.0 Å². The largest absolute Gasteiger partial charge is 0.487 e. The summed E-state index contributed by atoms with van der Waals surface area (Å²) in [5.41, 5.74) is 4.95. The van der Waals surface area contributed by atoms with Crippen LogP contribution in [0.15, 0.2) is 48.5 Å². The highest BCUT2D eigenvalue weighted by Gasteiger charge is 2.28. The highest BCUT2D eigenvalue weighted by Crippen LogP contribution is 2.37. The van der Waals surface area contributed by atoms with Gasteiger partial charge in [-0.05, 0) is 37.1 Å². The molecule has 1 aliphatic rings. The van der Waals surface area contributed by atoms with Crippen LogP contribution in [0.3, 0.4) is 0 Å². The fourth-order valence-electron chi connectivity index (χ4n) is 3.75. The van der Waals surface area contributed by atoms with Gasteiger partial charge < -0.3 is 10.1 Å². The van der Waals surface area contributed by atoms with Crippen molar-refractivity contribution in [3.63, 3.8) is 0 Å². The monoisotopic (exact) mass is 501 g/mol.